The van der Waals surface area contributed by atoms with Crippen LogP contribution in [0.5, 0.6) is 0 Å². The second-order valence-electron chi connectivity index (χ2n) is 5.70. The van der Waals surface area contributed by atoms with Crippen LogP contribution in [0.2, 0.25) is 0 Å². The van der Waals surface area contributed by atoms with E-state index in [-0.39, 0.29) is 18.8 Å². The first-order valence-electron chi connectivity index (χ1n) is 7.13. The molecule has 0 atom stereocenters. The number of alkyl halides is 2. The van der Waals surface area contributed by atoms with E-state index in [2.05, 4.69) is 15.3 Å². The fourth-order valence-corrected chi connectivity index (χ4v) is 2.75. The molecule has 0 unspecified atom stereocenters. The summed E-state index contributed by atoms with van der Waals surface area (Å²) in [5.74, 6) is -0.391. The number of hydrogen-bond acceptors (Lipinski definition) is 6. The predicted octanol–water partition coefficient (Wildman–Crippen LogP) is 2.70. The van der Waals surface area contributed by atoms with Crippen molar-refractivity contribution in [3.8, 4) is 0 Å². The van der Waals surface area contributed by atoms with Gasteiger partial charge in [0.1, 0.15) is 5.84 Å². The zero-order chi connectivity index (χ0) is 14.9. The zero-order valence-corrected chi connectivity index (χ0v) is 11.9. The van der Waals surface area contributed by atoms with Crippen LogP contribution in [0.1, 0.15) is 43.8 Å². The van der Waals surface area contributed by atoms with Crippen molar-refractivity contribution in [3.05, 3.63) is 11.7 Å². The normalized spacial score (nSPS) is 22.2. The van der Waals surface area contributed by atoms with E-state index in [9.17, 15) is 8.78 Å². The molecule has 1 fully saturated rings. The molecule has 1 aliphatic heterocycles. The molecule has 8 heteroatoms. The van der Waals surface area contributed by atoms with E-state index in [4.69, 9.17) is 9.36 Å². The molecule has 0 N–H and O–H groups in total. The molecule has 0 amide bonds. The summed E-state index contributed by atoms with van der Waals surface area (Å²) in [5, 5.41) is 7.86. The SMILES string of the molecule is Cc1nc(CN2CON=C2CC2CCC(F)(F)CC2)no1. The Hall–Kier alpha value is -1.73. The van der Waals surface area contributed by atoms with Crippen molar-refractivity contribution >= 4 is 5.84 Å². The highest BCUT2D eigenvalue weighted by molar-refractivity contribution is 5.82. The fourth-order valence-electron chi connectivity index (χ4n) is 2.75. The van der Waals surface area contributed by atoms with Crippen molar-refractivity contribution in [1.82, 2.24) is 15.0 Å². The van der Waals surface area contributed by atoms with E-state index < -0.39 is 5.92 Å². The maximum atomic E-state index is 13.2. The molecular weight excluding hydrogens is 282 g/mol. The minimum atomic E-state index is -2.49. The number of amidine groups is 1. The topological polar surface area (TPSA) is 63.8 Å². The van der Waals surface area contributed by atoms with Crippen molar-refractivity contribution < 1.29 is 18.1 Å². The van der Waals surface area contributed by atoms with Crippen molar-refractivity contribution in [3.63, 3.8) is 0 Å². The van der Waals surface area contributed by atoms with Gasteiger partial charge in [0, 0.05) is 26.2 Å². The molecule has 0 bridgehead atoms. The fraction of sp³-hybridized carbons (Fsp3) is 0.769. The van der Waals surface area contributed by atoms with Crippen molar-refractivity contribution in [2.45, 2.75) is 51.5 Å². The maximum absolute atomic E-state index is 13.2. The van der Waals surface area contributed by atoms with Gasteiger partial charge in [-0.15, -0.1) is 0 Å². The van der Waals surface area contributed by atoms with Gasteiger partial charge in [0.15, 0.2) is 12.6 Å². The number of nitrogens with zero attached hydrogens (tertiary/aromatic N) is 4. The lowest BCUT2D eigenvalue weighted by Crippen LogP contribution is -2.31. The Labute approximate surface area is 121 Å². The van der Waals surface area contributed by atoms with Crippen LogP contribution in [0.15, 0.2) is 9.68 Å². The summed E-state index contributed by atoms with van der Waals surface area (Å²) in [6.45, 7) is 2.53. The van der Waals surface area contributed by atoms with Crippen LogP contribution in [-0.2, 0) is 11.4 Å². The Bertz CT molecular complexity index is 522. The summed E-state index contributed by atoms with van der Waals surface area (Å²) in [4.78, 5) is 11.2. The summed E-state index contributed by atoms with van der Waals surface area (Å²) in [6, 6.07) is 0. The van der Waals surface area contributed by atoms with Crippen LogP contribution in [0.25, 0.3) is 0 Å². The molecule has 2 heterocycles. The van der Waals surface area contributed by atoms with Gasteiger partial charge in [-0.2, -0.15) is 4.98 Å². The van der Waals surface area contributed by atoms with Crippen LogP contribution in [0.4, 0.5) is 8.78 Å². The second kappa shape index (κ2) is 5.57. The van der Waals surface area contributed by atoms with Crippen molar-refractivity contribution in [2.75, 3.05) is 6.73 Å². The van der Waals surface area contributed by atoms with E-state index in [1.807, 2.05) is 4.90 Å². The van der Waals surface area contributed by atoms with Gasteiger partial charge in [-0.05, 0) is 18.8 Å². The van der Waals surface area contributed by atoms with E-state index >= 15 is 0 Å². The predicted molar refractivity (Wildman–Crippen MR) is 69.5 cm³/mol. The molecule has 116 valence electrons. The van der Waals surface area contributed by atoms with Gasteiger partial charge in [-0.3, -0.25) is 0 Å². The van der Waals surface area contributed by atoms with Gasteiger partial charge in [-0.25, -0.2) is 8.78 Å². The third-order valence-corrected chi connectivity index (χ3v) is 3.96. The van der Waals surface area contributed by atoms with Crippen LogP contribution in [0, 0.1) is 12.8 Å². The maximum Gasteiger partial charge on any atom is 0.248 e. The van der Waals surface area contributed by atoms with Crippen LogP contribution in [0.3, 0.4) is 0 Å². The molecule has 0 saturated heterocycles. The Morgan fingerprint density at radius 2 is 2.10 bits per heavy atom. The molecule has 21 heavy (non-hydrogen) atoms. The van der Waals surface area contributed by atoms with Gasteiger partial charge in [0.2, 0.25) is 11.8 Å². The highest BCUT2D eigenvalue weighted by atomic mass is 19.3. The lowest BCUT2D eigenvalue weighted by molar-refractivity contribution is -0.0451. The Morgan fingerprint density at radius 3 is 2.76 bits per heavy atom. The molecule has 1 aromatic heterocycles. The highest BCUT2D eigenvalue weighted by Gasteiger charge is 2.36. The van der Waals surface area contributed by atoms with Gasteiger partial charge in [-0.1, -0.05) is 10.3 Å². The monoisotopic (exact) mass is 300 g/mol. The van der Waals surface area contributed by atoms with E-state index in [1.165, 1.54) is 0 Å². The molecule has 0 spiro atoms. The number of oxime groups is 1. The third-order valence-electron chi connectivity index (χ3n) is 3.96. The largest absolute Gasteiger partial charge is 0.372 e. The molecular formula is C13H18F2N4O2. The molecule has 2 aliphatic rings. The number of rotatable bonds is 4. The van der Waals surface area contributed by atoms with E-state index in [0.717, 1.165) is 5.84 Å². The summed E-state index contributed by atoms with van der Waals surface area (Å²) < 4.78 is 31.3. The Balaban J connectivity index is 1.55. The lowest BCUT2D eigenvalue weighted by atomic mass is 9.84. The average molecular weight is 300 g/mol. The van der Waals surface area contributed by atoms with E-state index in [1.54, 1.807) is 6.92 Å². The number of hydrogen-bond donors (Lipinski definition) is 0. The van der Waals surface area contributed by atoms with Crippen molar-refractivity contribution in [1.29, 1.82) is 0 Å². The number of aromatic nitrogens is 2. The first-order valence-corrected chi connectivity index (χ1v) is 7.13. The molecule has 1 saturated carbocycles. The Morgan fingerprint density at radius 1 is 1.33 bits per heavy atom. The first kappa shape index (κ1) is 14.2. The lowest BCUT2D eigenvalue weighted by Gasteiger charge is -2.29. The highest BCUT2D eigenvalue weighted by Crippen LogP contribution is 2.38. The van der Waals surface area contributed by atoms with Crippen LogP contribution in [-0.4, -0.2) is 33.5 Å². The zero-order valence-electron chi connectivity index (χ0n) is 11.9. The van der Waals surface area contributed by atoms with Gasteiger partial charge >= 0.3 is 0 Å². The Kier molecular flexibility index (Phi) is 3.77. The van der Waals surface area contributed by atoms with Crippen LogP contribution < -0.4 is 0 Å². The summed E-state index contributed by atoms with van der Waals surface area (Å²) in [7, 11) is 0. The van der Waals surface area contributed by atoms with Crippen molar-refractivity contribution in [2.24, 2.45) is 11.1 Å². The smallest absolute Gasteiger partial charge is 0.248 e. The summed E-state index contributed by atoms with van der Waals surface area (Å²) in [6.07, 6.45) is 1.65. The minimum Gasteiger partial charge on any atom is -0.372 e. The van der Waals surface area contributed by atoms with Gasteiger partial charge < -0.3 is 14.3 Å². The molecule has 3 rings (SSSR count). The third kappa shape index (κ3) is 3.48. The summed E-state index contributed by atoms with van der Waals surface area (Å²) >= 11 is 0. The number of halogens is 2. The van der Waals surface area contributed by atoms with Gasteiger partial charge in [0.05, 0.1) is 6.54 Å². The molecule has 6 nitrogen and oxygen atoms in total. The molecule has 1 aliphatic carbocycles. The molecule has 1 aromatic rings. The quantitative estimate of drug-likeness (QED) is 0.855. The van der Waals surface area contributed by atoms with Crippen LogP contribution >= 0.6 is 0 Å². The first-order chi connectivity index (χ1) is 10.0. The van der Waals surface area contributed by atoms with Gasteiger partial charge in [0.25, 0.3) is 0 Å². The second-order valence-corrected chi connectivity index (χ2v) is 5.70. The number of aryl methyl sites for hydroxylation is 1. The summed E-state index contributed by atoms with van der Waals surface area (Å²) in [5.41, 5.74) is 0. The van der Waals surface area contributed by atoms with E-state index in [0.29, 0.717) is 44.3 Å². The standard InChI is InChI=1S/C13H18F2N4O2/c1-9-16-11(17-21-9)7-19-8-20-18-12(19)6-10-2-4-13(14,15)5-3-10/h10H,2-8H2,1H3. The molecule has 0 aromatic carbocycles. The molecule has 0 radical (unpaired) electrons. The average Bonchev–Trinajstić information content (AvgIpc) is 3.03. The minimum absolute atomic E-state index is 0.0319.